The fraction of sp³-hybridized carbons (Fsp3) is 0.667. The van der Waals surface area contributed by atoms with Gasteiger partial charge in [-0.25, -0.2) is 0 Å². The number of hydrogen-bond donors (Lipinski definition) is 3. The molecule has 3 N–H and O–H groups in total. The number of aliphatic hydroxyl groups is 3. The number of aliphatic hydroxyl groups excluding tert-OH is 3. The summed E-state index contributed by atoms with van der Waals surface area (Å²) >= 11 is 0. The van der Waals surface area contributed by atoms with Gasteiger partial charge in [0.15, 0.2) is 0 Å². The molecule has 0 saturated carbocycles. The highest BCUT2D eigenvalue weighted by atomic mass is 16.3. The largest absolute Gasteiger partial charge is 0.395 e. The second kappa shape index (κ2) is 3.61. The average molecular weight is 132 g/mol. The van der Waals surface area contributed by atoms with Crippen LogP contribution in [-0.4, -0.2) is 35.1 Å². The van der Waals surface area contributed by atoms with Crippen LogP contribution in [0.2, 0.25) is 0 Å². The molecule has 0 unspecified atom stereocenters. The van der Waals surface area contributed by atoms with Gasteiger partial charge in [0.25, 0.3) is 0 Å². The first-order valence-electron chi connectivity index (χ1n) is 2.71. The monoisotopic (exact) mass is 132 g/mol. The first kappa shape index (κ1) is 8.62. The Bertz CT molecular complexity index is 78.0. The van der Waals surface area contributed by atoms with Crippen molar-refractivity contribution in [2.24, 2.45) is 5.41 Å². The van der Waals surface area contributed by atoms with E-state index in [1.807, 2.05) is 0 Å². The van der Waals surface area contributed by atoms with Crippen LogP contribution in [0, 0.1) is 5.41 Å². The van der Waals surface area contributed by atoms with Gasteiger partial charge in [0, 0.05) is 0 Å². The Morgan fingerprint density at radius 3 is 1.44 bits per heavy atom. The number of hydrogen-bond acceptors (Lipinski definition) is 3. The molecule has 0 saturated heterocycles. The molecule has 3 nitrogen and oxygen atoms in total. The van der Waals surface area contributed by atoms with Crippen LogP contribution < -0.4 is 0 Å². The molecule has 9 heavy (non-hydrogen) atoms. The van der Waals surface area contributed by atoms with E-state index in [1.165, 1.54) is 6.08 Å². The van der Waals surface area contributed by atoms with E-state index in [2.05, 4.69) is 6.58 Å². The predicted octanol–water partition coefficient (Wildman–Crippen LogP) is -0.864. The molecular formula is C6H12O3. The molecule has 0 aromatic rings. The quantitative estimate of drug-likeness (QED) is 0.436. The van der Waals surface area contributed by atoms with E-state index in [4.69, 9.17) is 15.3 Å². The lowest BCUT2D eigenvalue weighted by atomic mass is 9.92. The Labute approximate surface area is 54.3 Å². The molecular weight excluding hydrogens is 120 g/mol. The van der Waals surface area contributed by atoms with Gasteiger partial charge >= 0.3 is 0 Å². The second-order valence-electron chi connectivity index (χ2n) is 2.04. The van der Waals surface area contributed by atoms with Crippen LogP contribution >= 0.6 is 0 Å². The summed E-state index contributed by atoms with van der Waals surface area (Å²) in [6, 6.07) is 0. The van der Waals surface area contributed by atoms with Gasteiger partial charge in [0.05, 0.1) is 25.2 Å². The van der Waals surface area contributed by atoms with Crippen molar-refractivity contribution in [3.8, 4) is 0 Å². The molecule has 0 aromatic heterocycles. The first-order valence-corrected chi connectivity index (χ1v) is 2.71. The number of rotatable bonds is 4. The summed E-state index contributed by atoms with van der Waals surface area (Å²) < 4.78 is 0. The fourth-order valence-corrected chi connectivity index (χ4v) is 0.344. The Hall–Kier alpha value is -0.380. The summed E-state index contributed by atoms with van der Waals surface area (Å²) in [7, 11) is 0. The lowest BCUT2D eigenvalue weighted by Crippen LogP contribution is -2.31. The third kappa shape index (κ3) is 1.78. The summed E-state index contributed by atoms with van der Waals surface area (Å²) in [5.41, 5.74) is -0.903. The molecule has 0 aliphatic heterocycles. The topological polar surface area (TPSA) is 60.7 Å². The molecule has 0 radical (unpaired) electrons. The summed E-state index contributed by atoms with van der Waals surface area (Å²) in [6.07, 6.45) is 1.35. The molecule has 0 rings (SSSR count). The van der Waals surface area contributed by atoms with E-state index in [0.717, 1.165) is 0 Å². The van der Waals surface area contributed by atoms with Crippen molar-refractivity contribution in [2.75, 3.05) is 19.8 Å². The van der Waals surface area contributed by atoms with Crippen molar-refractivity contribution in [1.82, 2.24) is 0 Å². The standard InChI is InChI=1S/C6H12O3/c1-2-6(3-7,4-8)5-9/h2,7-9H,1,3-5H2. The van der Waals surface area contributed by atoms with E-state index in [-0.39, 0.29) is 19.8 Å². The van der Waals surface area contributed by atoms with Gasteiger partial charge < -0.3 is 15.3 Å². The van der Waals surface area contributed by atoms with E-state index >= 15 is 0 Å². The molecule has 0 aromatic carbocycles. The third-order valence-electron chi connectivity index (χ3n) is 1.38. The lowest BCUT2D eigenvalue weighted by molar-refractivity contribution is 0.0421. The molecule has 0 bridgehead atoms. The normalized spacial score (nSPS) is 11.4. The summed E-state index contributed by atoms with van der Waals surface area (Å²) in [4.78, 5) is 0. The molecule has 54 valence electrons. The van der Waals surface area contributed by atoms with Crippen LogP contribution in [0.4, 0.5) is 0 Å². The van der Waals surface area contributed by atoms with Crippen LogP contribution in [0.1, 0.15) is 0 Å². The molecule has 0 spiro atoms. The van der Waals surface area contributed by atoms with Gasteiger partial charge in [-0.1, -0.05) is 6.08 Å². The average Bonchev–Trinajstić information content (AvgIpc) is 1.95. The van der Waals surface area contributed by atoms with E-state index < -0.39 is 5.41 Å². The van der Waals surface area contributed by atoms with Crippen LogP contribution in [0.25, 0.3) is 0 Å². The molecule has 0 fully saturated rings. The van der Waals surface area contributed by atoms with E-state index in [0.29, 0.717) is 0 Å². The van der Waals surface area contributed by atoms with Crippen molar-refractivity contribution in [2.45, 2.75) is 0 Å². The Balaban J connectivity index is 3.98. The predicted molar refractivity (Wildman–Crippen MR) is 33.9 cm³/mol. The van der Waals surface area contributed by atoms with Crippen LogP contribution in [0.5, 0.6) is 0 Å². The maximum Gasteiger partial charge on any atom is 0.0573 e. The van der Waals surface area contributed by atoms with Crippen molar-refractivity contribution in [3.05, 3.63) is 12.7 Å². The van der Waals surface area contributed by atoms with Gasteiger partial charge in [-0.15, -0.1) is 6.58 Å². The highest BCUT2D eigenvalue weighted by molar-refractivity contribution is 4.93. The molecule has 0 heterocycles. The van der Waals surface area contributed by atoms with Gasteiger partial charge in [0.1, 0.15) is 0 Å². The van der Waals surface area contributed by atoms with Crippen LogP contribution in [0.3, 0.4) is 0 Å². The maximum atomic E-state index is 8.59. The molecule has 0 amide bonds. The highest BCUT2D eigenvalue weighted by Gasteiger charge is 2.22. The van der Waals surface area contributed by atoms with Crippen LogP contribution in [-0.2, 0) is 0 Å². The Kier molecular flexibility index (Phi) is 3.46. The summed E-state index contributed by atoms with van der Waals surface area (Å²) in [5.74, 6) is 0. The molecule has 3 heteroatoms. The SMILES string of the molecule is C=CC(CO)(CO)CO. The zero-order valence-corrected chi connectivity index (χ0v) is 5.25. The van der Waals surface area contributed by atoms with Crippen molar-refractivity contribution in [1.29, 1.82) is 0 Å². The Morgan fingerprint density at radius 2 is 1.44 bits per heavy atom. The smallest absolute Gasteiger partial charge is 0.0573 e. The maximum absolute atomic E-state index is 8.59. The minimum atomic E-state index is -0.903. The van der Waals surface area contributed by atoms with Crippen molar-refractivity contribution < 1.29 is 15.3 Å². The van der Waals surface area contributed by atoms with E-state index in [9.17, 15) is 0 Å². The highest BCUT2D eigenvalue weighted by Crippen LogP contribution is 2.14. The third-order valence-corrected chi connectivity index (χ3v) is 1.38. The van der Waals surface area contributed by atoms with Crippen molar-refractivity contribution in [3.63, 3.8) is 0 Å². The molecule has 0 atom stereocenters. The minimum absolute atomic E-state index is 0.274. The summed E-state index contributed by atoms with van der Waals surface area (Å²) in [5, 5.41) is 25.8. The van der Waals surface area contributed by atoms with Crippen molar-refractivity contribution >= 4 is 0 Å². The zero-order valence-electron chi connectivity index (χ0n) is 5.25. The zero-order chi connectivity index (χ0) is 7.33. The molecule has 0 aliphatic carbocycles. The first-order chi connectivity index (χ1) is 4.24. The lowest BCUT2D eigenvalue weighted by Gasteiger charge is -2.21. The van der Waals surface area contributed by atoms with Gasteiger partial charge in [0.2, 0.25) is 0 Å². The summed E-state index contributed by atoms with van der Waals surface area (Å²) in [6.45, 7) is 2.54. The second-order valence-corrected chi connectivity index (χ2v) is 2.04. The van der Waals surface area contributed by atoms with Gasteiger partial charge in [-0.2, -0.15) is 0 Å². The Morgan fingerprint density at radius 1 is 1.11 bits per heavy atom. The van der Waals surface area contributed by atoms with Gasteiger partial charge in [-0.05, 0) is 0 Å². The van der Waals surface area contributed by atoms with Gasteiger partial charge in [-0.3, -0.25) is 0 Å². The van der Waals surface area contributed by atoms with E-state index in [1.54, 1.807) is 0 Å². The minimum Gasteiger partial charge on any atom is -0.395 e. The molecule has 0 aliphatic rings. The van der Waals surface area contributed by atoms with Crippen LogP contribution in [0.15, 0.2) is 12.7 Å². The fourth-order valence-electron chi connectivity index (χ4n) is 0.344.